The standard InChI is InChI=1S/C29H27N3O2/c1-18-12-19(2)25(20(3)13-18)17-34-26-11-10-22(14-27(26)33-4)28-23(15-30)29(31)32-16-24(28)21-8-6-5-7-9-21/h5-14,16H,17H2,1-4H3,(H2,31,32). The number of nitrogen functional groups attached to an aromatic ring is 1. The topological polar surface area (TPSA) is 81.2 Å². The quantitative estimate of drug-likeness (QED) is 0.369. The van der Waals surface area contributed by atoms with Gasteiger partial charge in [0, 0.05) is 17.3 Å². The van der Waals surface area contributed by atoms with Crippen molar-refractivity contribution < 1.29 is 9.47 Å². The molecule has 0 saturated heterocycles. The molecule has 1 heterocycles. The van der Waals surface area contributed by atoms with E-state index >= 15 is 0 Å². The number of ether oxygens (including phenoxy) is 2. The van der Waals surface area contributed by atoms with Crippen LogP contribution in [0.1, 0.15) is 27.8 Å². The second-order valence-electron chi connectivity index (χ2n) is 8.32. The molecule has 5 nitrogen and oxygen atoms in total. The van der Waals surface area contributed by atoms with Gasteiger partial charge in [-0.3, -0.25) is 0 Å². The Morgan fingerprint density at radius 3 is 2.26 bits per heavy atom. The summed E-state index contributed by atoms with van der Waals surface area (Å²) in [6, 6.07) is 22.1. The van der Waals surface area contributed by atoms with E-state index in [4.69, 9.17) is 15.2 Å². The molecule has 0 spiro atoms. The summed E-state index contributed by atoms with van der Waals surface area (Å²) < 4.78 is 11.8. The highest BCUT2D eigenvalue weighted by atomic mass is 16.5. The first-order valence-corrected chi connectivity index (χ1v) is 11.0. The van der Waals surface area contributed by atoms with Gasteiger partial charge in [0.25, 0.3) is 0 Å². The first-order valence-electron chi connectivity index (χ1n) is 11.0. The van der Waals surface area contributed by atoms with Crippen LogP contribution < -0.4 is 15.2 Å². The average molecular weight is 450 g/mol. The number of rotatable bonds is 6. The molecule has 170 valence electrons. The summed E-state index contributed by atoms with van der Waals surface area (Å²) in [4.78, 5) is 4.26. The van der Waals surface area contributed by atoms with Gasteiger partial charge in [-0.1, -0.05) is 54.1 Å². The average Bonchev–Trinajstić information content (AvgIpc) is 2.83. The lowest BCUT2D eigenvalue weighted by atomic mass is 9.92. The highest BCUT2D eigenvalue weighted by Gasteiger charge is 2.18. The lowest BCUT2D eigenvalue weighted by Crippen LogP contribution is -2.03. The van der Waals surface area contributed by atoms with Gasteiger partial charge in [0.05, 0.1) is 7.11 Å². The minimum atomic E-state index is 0.196. The normalized spacial score (nSPS) is 10.6. The number of nitrogens with zero attached hydrogens (tertiary/aromatic N) is 2. The number of nitrogens with two attached hydrogens (primary N) is 1. The molecule has 0 unspecified atom stereocenters. The van der Waals surface area contributed by atoms with Crippen LogP contribution >= 0.6 is 0 Å². The number of pyridine rings is 1. The highest BCUT2D eigenvalue weighted by molar-refractivity contribution is 5.90. The summed E-state index contributed by atoms with van der Waals surface area (Å²) in [7, 11) is 1.61. The van der Waals surface area contributed by atoms with E-state index in [0.29, 0.717) is 23.7 Å². The van der Waals surface area contributed by atoms with Gasteiger partial charge in [0.2, 0.25) is 0 Å². The number of hydrogen-bond acceptors (Lipinski definition) is 5. The van der Waals surface area contributed by atoms with Gasteiger partial charge in [-0.2, -0.15) is 5.26 Å². The van der Waals surface area contributed by atoms with Crippen LogP contribution in [-0.2, 0) is 6.61 Å². The summed E-state index contributed by atoms with van der Waals surface area (Å²) in [6.07, 6.45) is 1.71. The van der Waals surface area contributed by atoms with Crippen LogP contribution in [0.25, 0.3) is 22.3 Å². The number of aryl methyl sites for hydroxylation is 3. The largest absolute Gasteiger partial charge is 0.493 e. The predicted octanol–water partition coefficient (Wildman–Crippen LogP) is 6.38. The van der Waals surface area contributed by atoms with Gasteiger partial charge in [-0.15, -0.1) is 0 Å². The van der Waals surface area contributed by atoms with Crippen molar-refractivity contribution in [2.45, 2.75) is 27.4 Å². The van der Waals surface area contributed by atoms with E-state index in [1.807, 2.05) is 48.5 Å². The Bertz CT molecular complexity index is 1370. The zero-order valence-electron chi connectivity index (χ0n) is 19.8. The van der Waals surface area contributed by atoms with Gasteiger partial charge >= 0.3 is 0 Å². The highest BCUT2D eigenvalue weighted by Crippen LogP contribution is 2.40. The number of benzene rings is 3. The third kappa shape index (κ3) is 4.44. The summed E-state index contributed by atoms with van der Waals surface area (Å²) in [5, 5.41) is 9.87. The van der Waals surface area contributed by atoms with Gasteiger partial charge in [-0.05, 0) is 60.7 Å². The Morgan fingerprint density at radius 1 is 0.912 bits per heavy atom. The number of nitriles is 1. The van der Waals surface area contributed by atoms with Crippen LogP contribution in [0.3, 0.4) is 0 Å². The fourth-order valence-electron chi connectivity index (χ4n) is 4.31. The van der Waals surface area contributed by atoms with Gasteiger partial charge in [-0.25, -0.2) is 4.98 Å². The third-order valence-electron chi connectivity index (χ3n) is 5.97. The van der Waals surface area contributed by atoms with Gasteiger partial charge < -0.3 is 15.2 Å². The van der Waals surface area contributed by atoms with E-state index in [0.717, 1.165) is 27.8 Å². The minimum Gasteiger partial charge on any atom is -0.493 e. The Hall–Kier alpha value is -4.30. The second kappa shape index (κ2) is 9.68. The van der Waals surface area contributed by atoms with Crippen molar-refractivity contribution in [3.8, 4) is 39.8 Å². The summed E-state index contributed by atoms with van der Waals surface area (Å²) in [5.74, 6) is 1.41. The maximum Gasteiger partial charge on any atom is 0.161 e. The molecule has 0 amide bonds. The monoisotopic (exact) mass is 449 g/mol. The minimum absolute atomic E-state index is 0.196. The van der Waals surface area contributed by atoms with Crippen molar-refractivity contribution in [1.82, 2.24) is 4.98 Å². The smallest absolute Gasteiger partial charge is 0.161 e. The molecular formula is C29H27N3O2. The molecule has 3 aromatic carbocycles. The molecule has 0 bridgehead atoms. The second-order valence-corrected chi connectivity index (χ2v) is 8.32. The molecule has 0 saturated carbocycles. The third-order valence-corrected chi connectivity index (χ3v) is 5.97. The van der Waals surface area contributed by atoms with Crippen molar-refractivity contribution in [2.24, 2.45) is 0 Å². The molecule has 34 heavy (non-hydrogen) atoms. The van der Waals surface area contributed by atoms with E-state index in [1.54, 1.807) is 13.3 Å². The van der Waals surface area contributed by atoms with Crippen molar-refractivity contribution in [2.75, 3.05) is 12.8 Å². The Balaban J connectivity index is 1.76. The van der Waals surface area contributed by atoms with Crippen LogP contribution in [0.15, 0.2) is 66.9 Å². The molecule has 4 rings (SSSR count). The van der Waals surface area contributed by atoms with E-state index in [9.17, 15) is 5.26 Å². The van der Waals surface area contributed by atoms with Crippen LogP contribution in [0, 0.1) is 32.1 Å². The Morgan fingerprint density at radius 2 is 1.62 bits per heavy atom. The predicted molar refractivity (Wildman–Crippen MR) is 136 cm³/mol. The van der Waals surface area contributed by atoms with Gasteiger partial charge in [0.15, 0.2) is 11.5 Å². The molecule has 4 aromatic rings. The van der Waals surface area contributed by atoms with Crippen LogP contribution in [-0.4, -0.2) is 12.1 Å². The Labute approximate surface area is 200 Å². The van der Waals surface area contributed by atoms with Crippen molar-refractivity contribution >= 4 is 5.82 Å². The molecule has 5 heteroatoms. The van der Waals surface area contributed by atoms with E-state index < -0.39 is 0 Å². The maximum atomic E-state index is 9.87. The number of anilines is 1. The number of methoxy groups -OCH3 is 1. The lowest BCUT2D eigenvalue weighted by Gasteiger charge is -2.17. The first-order chi connectivity index (χ1) is 16.4. The molecule has 0 aliphatic rings. The van der Waals surface area contributed by atoms with Gasteiger partial charge in [0.1, 0.15) is 24.1 Å². The molecule has 1 aromatic heterocycles. The van der Waals surface area contributed by atoms with Crippen molar-refractivity contribution in [3.63, 3.8) is 0 Å². The molecular weight excluding hydrogens is 422 g/mol. The zero-order valence-corrected chi connectivity index (χ0v) is 19.8. The fourth-order valence-corrected chi connectivity index (χ4v) is 4.31. The Kier molecular flexibility index (Phi) is 6.51. The lowest BCUT2D eigenvalue weighted by molar-refractivity contribution is 0.283. The number of aromatic nitrogens is 1. The zero-order chi connectivity index (χ0) is 24.2. The maximum absolute atomic E-state index is 9.87. The summed E-state index contributed by atoms with van der Waals surface area (Å²) in [5.41, 5.74) is 14.5. The van der Waals surface area contributed by atoms with E-state index in [2.05, 4.69) is 44.0 Å². The van der Waals surface area contributed by atoms with E-state index in [1.165, 1.54) is 16.7 Å². The van der Waals surface area contributed by atoms with Crippen LogP contribution in [0.5, 0.6) is 11.5 Å². The van der Waals surface area contributed by atoms with Crippen molar-refractivity contribution in [1.29, 1.82) is 5.26 Å². The molecule has 0 aliphatic carbocycles. The summed E-state index contributed by atoms with van der Waals surface area (Å²) in [6.45, 7) is 6.73. The van der Waals surface area contributed by atoms with Crippen LogP contribution in [0.4, 0.5) is 5.82 Å². The molecule has 0 radical (unpaired) electrons. The fraction of sp³-hybridized carbons (Fsp3) is 0.172. The van der Waals surface area contributed by atoms with Crippen molar-refractivity contribution in [3.05, 3.63) is 94.7 Å². The number of hydrogen-bond donors (Lipinski definition) is 1. The van der Waals surface area contributed by atoms with E-state index in [-0.39, 0.29) is 5.82 Å². The first kappa shape index (κ1) is 22.9. The van der Waals surface area contributed by atoms with Crippen LogP contribution in [0.2, 0.25) is 0 Å². The molecule has 0 atom stereocenters. The SMILES string of the molecule is COc1cc(-c2c(-c3ccccc3)cnc(N)c2C#N)ccc1OCc1c(C)cc(C)cc1C. The molecule has 2 N–H and O–H groups in total. The molecule has 0 aliphatic heterocycles. The molecule has 0 fully saturated rings. The summed E-state index contributed by atoms with van der Waals surface area (Å²) >= 11 is 0.